The second kappa shape index (κ2) is 5.10. The molecule has 0 amide bonds. The van der Waals surface area contributed by atoms with Gasteiger partial charge >= 0.3 is 0 Å². The highest BCUT2D eigenvalue weighted by Gasteiger charge is 2.24. The van der Waals surface area contributed by atoms with Crippen LogP contribution in [-0.4, -0.2) is 42.1 Å². The molecule has 1 saturated heterocycles. The molecule has 3 heteroatoms. The first-order chi connectivity index (χ1) is 5.77. The maximum atomic E-state index is 5.87. The first-order valence-electron chi connectivity index (χ1n) is 4.76. The van der Waals surface area contributed by atoms with Crippen molar-refractivity contribution in [1.29, 1.82) is 0 Å². The van der Waals surface area contributed by atoms with Crippen LogP contribution in [0.4, 0.5) is 0 Å². The lowest BCUT2D eigenvalue weighted by Gasteiger charge is -2.25. The lowest BCUT2D eigenvalue weighted by molar-refractivity contribution is 0.254. The van der Waals surface area contributed by atoms with Gasteiger partial charge in [-0.2, -0.15) is 11.8 Å². The minimum absolute atomic E-state index is 0.431. The molecule has 0 spiro atoms. The van der Waals surface area contributed by atoms with Crippen molar-refractivity contribution >= 4 is 11.8 Å². The van der Waals surface area contributed by atoms with E-state index in [0.29, 0.717) is 6.04 Å². The minimum Gasteiger partial charge on any atom is -0.326 e. The molecule has 0 aromatic carbocycles. The van der Waals surface area contributed by atoms with Crippen molar-refractivity contribution in [1.82, 2.24) is 4.90 Å². The molecule has 0 bridgehead atoms. The Hall–Kier alpha value is 0.270. The first-order valence-corrected chi connectivity index (χ1v) is 6.15. The number of rotatable bonds is 4. The molecule has 1 rings (SSSR count). The fourth-order valence-corrected chi connectivity index (χ4v) is 2.65. The Balaban J connectivity index is 2.33. The number of hydrogen-bond acceptors (Lipinski definition) is 3. The predicted molar refractivity (Wildman–Crippen MR) is 56.6 cm³/mol. The molecule has 2 nitrogen and oxygen atoms in total. The van der Waals surface area contributed by atoms with Gasteiger partial charge in [-0.1, -0.05) is 6.92 Å². The first kappa shape index (κ1) is 10.4. The van der Waals surface area contributed by atoms with Crippen molar-refractivity contribution < 1.29 is 0 Å². The van der Waals surface area contributed by atoms with E-state index in [9.17, 15) is 0 Å². The maximum Gasteiger partial charge on any atom is 0.0184 e. The lowest BCUT2D eigenvalue weighted by atomic mass is 10.2. The van der Waals surface area contributed by atoms with E-state index < -0.39 is 0 Å². The van der Waals surface area contributed by atoms with Gasteiger partial charge in [0.2, 0.25) is 0 Å². The minimum atomic E-state index is 0.431. The molecular weight excluding hydrogens is 168 g/mol. The average molecular weight is 188 g/mol. The van der Waals surface area contributed by atoms with E-state index in [2.05, 4.69) is 18.1 Å². The van der Waals surface area contributed by atoms with Gasteiger partial charge in [-0.3, -0.25) is 4.90 Å². The van der Waals surface area contributed by atoms with Crippen LogP contribution in [0.5, 0.6) is 0 Å². The monoisotopic (exact) mass is 188 g/mol. The zero-order valence-electron chi connectivity index (χ0n) is 8.12. The van der Waals surface area contributed by atoms with Gasteiger partial charge in [0.15, 0.2) is 0 Å². The Labute approximate surface area is 79.9 Å². The summed E-state index contributed by atoms with van der Waals surface area (Å²) in [6.45, 7) is 4.59. The van der Waals surface area contributed by atoms with Gasteiger partial charge in [0.1, 0.15) is 0 Å². The van der Waals surface area contributed by atoms with E-state index in [1.807, 2.05) is 11.8 Å². The summed E-state index contributed by atoms with van der Waals surface area (Å²) in [4.78, 5) is 2.54. The third kappa shape index (κ3) is 2.64. The molecule has 0 saturated carbocycles. The Morgan fingerprint density at radius 1 is 1.67 bits per heavy atom. The molecule has 72 valence electrons. The molecule has 0 radical (unpaired) electrons. The van der Waals surface area contributed by atoms with E-state index in [1.54, 1.807) is 0 Å². The van der Waals surface area contributed by atoms with E-state index in [4.69, 9.17) is 5.73 Å². The normalized spacial score (nSPS) is 27.8. The lowest BCUT2D eigenvalue weighted by Crippen LogP contribution is -2.36. The number of likely N-dealkylation sites (tertiary alicyclic amines) is 1. The third-order valence-electron chi connectivity index (χ3n) is 2.60. The Kier molecular flexibility index (Phi) is 4.40. The summed E-state index contributed by atoms with van der Waals surface area (Å²) in [5, 5.41) is 0. The molecule has 1 fully saturated rings. The van der Waals surface area contributed by atoms with Crippen LogP contribution in [0.2, 0.25) is 0 Å². The number of nitrogens with zero attached hydrogens (tertiary/aromatic N) is 1. The fraction of sp³-hybridized carbons (Fsp3) is 1.00. The molecular formula is C9H20N2S. The fourth-order valence-electron chi connectivity index (χ4n) is 1.82. The molecule has 0 aromatic rings. The molecule has 1 heterocycles. The predicted octanol–water partition coefficient (Wildman–Crippen LogP) is 1.16. The van der Waals surface area contributed by atoms with Gasteiger partial charge < -0.3 is 5.73 Å². The Morgan fingerprint density at radius 2 is 2.42 bits per heavy atom. The van der Waals surface area contributed by atoms with Crippen LogP contribution in [0, 0.1) is 0 Å². The van der Waals surface area contributed by atoms with Gasteiger partial charge in [0.25, 0.3) is 0 Å². The summed E-state index contributed by atoms with van der Waals surface area (Å²) < 4.78 is 0. The summed E-state index contributed by atoms with van der Waals surface area (Å²) in [5.74, 6) is 1.25. The standard InChI is InChI=1S/C9H20N2S/c1-3-9(7-12-2)11-5-4-8(10)6-11/h8-9H,3-7,10H2,1-2H3. The zero-order chi connectivity index (χ0) is 8.97. The van der Waals surface area contributed by atoms with Crippen molar-refractivity contribution in [3.05, 3.63) is 0 Å². The number of nitrogens with two attached hydrogens (primary N) is 1. The van der Waals surface area contributed by atoms with Gasteiger partial charge in [-0.05, 0) is 19.1 Å². The zero-order valence-corrected chi connectivity index (χ0v) is 8.94. The number of thioether (sulfide) groups is 1. The van der Waals surface area contributed by atoms with Gasteiger partial charge in [-0.25, -0.2) is 0 Å². The molecule has 0 aliphatic carbocycles. The summed E-state index contributed by atoms with van der Waals surface area (Å²) in [5.41, 5.74) is 5.87. The summed E-state index contributed by atoms with van der Waals surface area (Å²) >= 11 is 1.94. The second-order valence-electron chi connectivity index (χ2n) is 3.56. The molecule has 12 heavy (non-hydrogen) atoms. The highest BCUT2D eigenvalue weighted by molar-refractivity contribution is 7.98. The second-order valence-corrected chi connectivity index (χ2v) is 4.47. The SMILES string of the molecule is CCC(CSC)N1CCC(N)C1. The van der Waals surface area contributed by atoms with Crippen molar-refractivity contribution in [3.63, 3.8) is 0 Å². The van der Waals surface area contributed by atoms with Crippen molar-refractivity contribution in [2.45, 2.75) is 31.8 Å². The van der Waals surface area contributed by atoms with Crippen LogP contribution in [-0.2, 0) is 0 Å². The van der Waals surface area contributed by atoms with Gasteiger partial charge in [-0.15, -0.1) is 0 Å². The molecule has 1 aliphatic rings. The van der Waals surface area contributed by atoms with Crippen LogP contribution < -0.4 is 5.73 Å². The van der Waals surface area contributed by atoms with Crippen LogP contribution in [0.15, 0.2) is 0 Å². The highest BCUT2D eigenvalue weighted by Crippen LogP contribution is 2.16. The molecule has 2 N–H and O–H groups in total. The summed E-state index contributed by atoms with van der Waals surface area (Å²) in [6.07, 6.45) is 4.62. The van der Waals surface area contributed by atoms with Crippen LogP contribution in [0.25, 0.3) is 0 Å². The quantitative estimate of drug-likeness (QED) is 0.718. The number of hydrogen-bond donors (Lipinski definition) is 1. The van der Waals surface area contributed by atoms with E-state index in [-0.39, 0.29) is 0 Å². The van der Waals surface area contributed by atoms with Gasteiger partial charge in [0.05, 0.1) is 0 Å². The van der Waals surface area contributed by atoms with Crippen molar-refractivity contribution in [3.8, 4) is 0 Å². The smallest absolute Gasteiger partial charge is 0.0184 e. The van der Waals surface area contributed by atoms with Crippen molar-refractivity contribution in [2.75, 3.05) is 25.1 Å². The maximum absolute atomic E-state index is 5.87. The molecule has 1 aliphatic heterocycles. The van der Waals surface area contributed by atoms with Crippen LogP contribution >= 0.6 is 11.8 Å². The molecule has 2 atom stereocenters. The Bertz CT molecular complexity index is 128. The largest absolute Gasteiger partial charge is 0.326 e. The average Bonchev–Trinajstić information content (AvgIpc) is 2.47. The van der Waals surface area contributed by atoms with E-state index in [1.165, 1.54) is 25.1 Å². The molecule has 2 unspecified atom stereocenters. The highest BCUT2D eigenvalue weighted by atomic mass is 32.2. The van der Waals surface area contributed by atoms with E-state index >= 15 is 0 Å². The van der Waals surface area contributed by atoms with E-state index in [0.717, 1.165) is 12.6 Å². The Morgan fingerprint density at radius 3 is 2.83 bits per heavy atom. The van der Waals surface area contributed by atoms with Crippen LogP contribution in [0.3, 0.4) is 0 Å². The molecule has 0 aromatic heterocycles. The van der Waals surface area contributed by atoms with Crippen LogP contribution in [0.1, 0.15) is 19.8 Å². The van der Waals surface area contributed by atoms with Crippen molar-refractivity contribution in [2.24, 2.45) is 5.73 Å². The summed E-state index contributed by atoms with van der Waals surface area (Å²) in [6, 6.07) is 1.19. The topological polar surface area (TPSA) is 29.3 Å². The third-order valence-corrected chi connectivity index (χ3v) is 3.32. The van der Waals surface area contributed by atoms with Gasteiger partial charge in [0, 0.05) is 30.9 Å². The summed E-state index contributed by atoms with van der Waals surface area (Å²) in [7, 11) is 0.